The molecule has 2 saturated heterocycles. The van der Waals surface area contributed by atoms with Crippen molar-refractivity contribution in [1.29, 1.82) is 0 Å². The second-order valence-electron chi connectivity index (χ2n) is 9.62. The summed E-state index contributed by atoms with van der Waals surface area (Å²) in [6.45, 7) is 0.797. The van der Waals surface area contributed by atoms with Crippen LogP contribution >= 0.6 is 0 Å². The zero-order valence-electron chi connectivity index (χ0n) is 21.5. The van der Waals surface area contributed by atoms with Gasteiger partial charge < -0.3 is 10.6 Å². The summed E-state index contributed by atoms with van der Waals surface area (Å²) in [6.07, 6.45) is 2.96. The molecule has 4 amide bonds. The van der Waals surface area contributed by atoms with Crippen LogP contribution in [0, 0.1) is 11.8 Å². The zero-order valence-corrected chi connectivity index (χ0v) is 21.5. The summed E-state index contributed by atoms with van der Waals surface area (Å²) < 4.78 is 0. The highest BCUT2D eigenvalue weighted by molar-refractivity contribution is 6.04. The van der Waals surface area contributed by atoms with E-state index in [0.29, 0.717) is 24.2 Å². The number of nitrogens with one attached hydrogen (secondary N) is 4. The molecule has 0 spiro atoms. The van der Waals surface area contributed by atoms with E-state index in [1.54, 1.807) is 24.3 Å². The van der Waals surface area contributed by atoms with Gasteiger partial charge in [0.25, 0.3) is 11.8 Å². The Hall–Kier alpha value is -5.12. The fraction of sp³-hybridized carbons (Fsp3) is 0.200. The Balaban J connectivity index is 1.14. The normalized spacial score (nSPS) is 22.3. The molecule has 0 saturated carbocycles. The van der Waals surface area contributed by atoms with E-state index in [1.807, 2.05) is 60.7 Å². The van der Waals surface area contributed by atoms with Gasteiger partial charge in [-0.05, 0) is 22.3 Å². The van der Waals surface area contributed by atoms with Crippen molar-refractivity contribution in [2.75, 3.05) is 13.1 Å². The fourth-order valence-electron chi connectivity index (χ4n) is 5.01. The number of hydrazone groups is 2. The minimum absolute atomic E-state index is 0.254. The molecule has 4 N–H and O–H groups in total. The molecule has 4 unspecified atom stereocenters. The molecule has 3 aromatic carbocycles. The van der Waals surface area contributed by atoms with Crippen molar-refractivity contribution in [2.24, 2.45) is 22.0 Å². The zero-order chi connectivity index (χ0) is 27.9. The summed E-state index contributed by atoms with van der Waals surface area (Å²) in [5, 5.41) is 13.5. The molecule has 2 heterocycles. The lowest BCUT2D eigenvalue weighted by Gasteiger charge is -2.15. The van der Waals surface area contributed by atoms with E-state index in [4.69, 9.17) is 0 Å². The third-order valence-electron chi connectivity index (χ3n) is 7.10. The van der Waals surface area contributed by atoms with Crippen LogP contribution in [0.15, 0.2) is 95.1 Å². The Morgan fingerprint density at radius 2 is 1.00 bits per heavy atom. The molecule has 3 aromatic rings. The number of carbonyl (C=O) groups is 4. The van der Waals surface area contributed by atoms with E-state index in [9.17, 15) is 19.2 Å². The lowest BCUT2D eigenvalue weighted by molar-refractivity contribution is -0.135. The molecule has 0 aromatic heterocycles. The first-order valence-electron chi connectivity index (χ1n) is 12.9. The molecule has 0 bridgehead atoms. The monoisotopic (exact) mass is 536 g/mol. The van der Waals surface area contributed by atoms with Crippen molar-refractivity contribution in [1.82, 2.24) is 21.5 Å². The molecule has 40 heavy (non-hydrogen) atoms. The number of benzene rings is 3. The Bertz CT molecular complexity index is 1330. The fourth-order valence-corrected chi connectivity index (χ4v) is 5.01. The molecule has 202 valence electrons. The van der Waals surface area contributed by atoms with Crippen LogP contribution < -0.4 is 21.5 Å². The third-order valence-corrected chi connectivity index (χ3v) is 7.10. The van der Waals surface area contributed by atoms with Crippen LogP contribution in [-0.2, 0) is 19.2 Å². The highest BCUT2D eigenvalue weighted by Crippen LogP contribution is 2.30. The van der Waals surface area contributed by atoms with E-state index in [1.165, 1.54) is 12.4 Å². The molecule has 2 fully saturated rings. The molecule has 10 heteroatoms. The predicted octanol–water partition coefficient (Wildman–Crippen LogP) is 1.65. The molecule has 4 atom stereocenters. The van der Waals surface area contributed by atoms with Gasteiger partial charge in [-0.1, -0.05) is 84.9 Å². The minimum atomic E-state index is -0.855. The molecule has 5 rings (SSSR count). The average Bonchev–Trinajstić information content (AvgIpc) is 3.57. The van der Waals surface area contributed by atoms with E-state index < -0.39 is 23.7 Å². The van der Waals surface area contributed by atoms with Gasteiger partial charge in [0.1, 0.15) is 11.8 Å². The number of carbonyl (C=O) groups excluding carboxylic acids is 4. The summed E-state index contributed by atoms with van der Waals surface area (Å²) in [5.74, 6) is -3.79. The van der Waals surface area contributed by atoms with Crippen molar-refractivity contribution < 1.29 is 19.2 Å². The summed E-state index contributed by atoms with van der Waals surface area (Å²) in [6, 6.07) is 26.0. The van der Waals surface area contributed by atoms with Gasteiger partial charge in [-0.3, -0.25) is 19.2 Å². The third kappa shape index (κ3) is 5.96. The molecule has 2 aliphatic heterocycles. The molecular weight excluding hydrogens is 508 g/mol. The molecule has 10 nitrogen and oxygen atoms in total. The van der Waals surface area contributed by atoms with Crippen molar-refractivity contribution in [3.8, 4) is 0 Å². The summed E-state index contributed by atoms with van der Waals surface area (Å²) in [5.41, 5.74) is 8.21. The first-order valence-corrected chi connectivity index (χ1v) is 12.9. The predicted molar refractivity (Wildman–Crippen MR) is 149 cm³/mol. The van der Waals surface area contributed by atoms with Gasteiger partial charge in [-0.25, -0.2) is 10.9 Å². The Morgan fingerprint density at radius 3 is 1.38 bits per heavy atom. The maximum Gasteiger partial charge on any atom is 0.253 e. The van der Waals surface area contributed by atoms with E-state index in [2.05, 4.69) is 31.7 Å². The van der Waals surface area contributed by atoms with Gasteiger partial charge in [0.15, 0.2) is 0 Å². The first-order chi connectivity index (χ1) is 19.5. The molecular formula is C30H28N6O4. The van der Waals surface area contributed by atoms with Crippen LogP contribution in [0.3, 0.4) is 0 Å². The second-order valence-corrected chi connectivity index (χ2v) is 9.62. The molecule has 2 aliphatic rings. The molecule has 0 radical (unpaired) electrons. The van der Waals surface area contributed by atoms with Crippen molar-refractivity contribution in [2.45, 2.75) is 11.8 Å². The number of nitrogens with zero attached hydrogens (tertiary/aromatic N) is 2. The van der Waals surface area contributed by atoms with Crippen molar-refractivity contribution in [3.63, 3.8) is 0 Å². The number of amides is 4. The Labute approximate surface area is 230 Å². The summed E-state index contributed by atoms with van der Waals surface area (Å²) in [7, 11) is 0. The van der Waals surface area contributed by atoms with Gasteiger partial charge in [-0.2, -0.15) is 10.2 Å². The number of hydrogen-bond acceptors (Lipinski definition) is 6. The number of rotatable bonds is 8. The van der Waals surface area contributed by atoms with E-state index >= 15 is 0 Å². The van der Waals surface area contributed by atoms with Gasteiger partial charge in [0.05, 0.1) is 12.4 Å². The second kappa shape index (κ2) is 12.2. The minimum Gasteiger partial charge on any atom is -0.355 e. The van der Waals surface area contributed by atoms with Gasteiger partial charge in [0, 0.05) is 24.9 Å². The van der Waals surface area contributed by atoms with Crippen molar-refractivity contribution in [3.05, 3.63) is 107 Å². The van der Waals surface area contributed by atoms with Crippen LogP contribution in [-0.4, -0.2) is 49.1 Å². The summed E-state index contributed by atoms with van der Waals surface area (Å²) >= 11 is 0. The smallest absolute Gasteiger partial charge is 0.253 e. The first kappa shape index (κ1) is 26.5. The largest absolute Gasteiger partial charge is 0.355 e. The van der Waals surface area contributed by atoms with Crippen LogP contribution in [0.1, 0.15) is 34.1 Å². The highest BCUT2D eigenvalue weighted by Gasteiger charge is 2.41. The van der Waals surface area contributed by atoms with Crippen LogP contribution in [0.5, 0.6) is 0 Å². The standard InChI is InChI=1S/C30H28N6O4/c37-27-25(23(17-31-27)21-7-3-1-4-8-21)29(39)35-33-15-19-11-13-20(14-12-19)16-34-36-30(40)26-24(18-32-28(26)38)22-9-5-2-6-10-22/h1-16,23-26H,17-18H2,(H,31,37)(H,32,38)(H,35,39)(H,36,40). The van der Waals surface area contributed by atoms with E-state index in [0.717, 1.165) is 11.1 Å². The van der Waals surface area contributed by atoms with E-state index in [-0.39, 0.29) is 23.7 Å². The molecule has 0 aliphatic carbocycles. The Kier molecular flexibility index (Phi) is 8.05. The topological polar surface area (TPSA) is 141 Å². The van der Waals surface area contributed by atoms with Crippen LogP contribution in [0.4, 0.5) is 0 Å². The van der Waals surface area contributed by atoms with Crippen molar-refractivity contribution >= 4 is 36.1 Å². The van der Waals surface area contributed by atoms with Crippen LogP contribution in [0.25, 0.3) is 0 Å². The maximum absolute atomic E-state index is 12.7. The number of hydrogen-bond donors (Lipinski definition) is 4. The van der Waals surface area contributed by atoms with Gasteiger partial charge >= 0.3 is 0 Å². The maximum atomic E-state index is 12.7. The quantitative estimate of drug-likeness (QED) is 0.197. The summed E-state index contributed by atoms with van der Waals surface area (Å²) in [4.78, 5) is 50.0. The van der Waals surface area contributed by atoms with Gasteiger partial charge in [0.2, 0.25) is 11.8 Å². The Morgan fingerprint density at radius 1 is 0.625 bits per heavy atom. The lowest BCUT2D eigenvalue weighted by atomic mass is 9.88. The lowest BCUT2D eigenvalue weighted by Crippen LogP contribution is -2.34. The van der Waals surface area contributed by atoms with Gasteiger partial charge in [-0.15, -0.1) is 0 Å². The highest BCUT2D eigenvalue weighted by atomic mass is 16.2. The average molecular weight is 537 g/mol. The SMILES string of the molecule is O=C1NCC(c2ccccc2)C1C(=O)NN=Cc1ccc(C=NNC(=O)C2C(=O)NCC2c2ccccc2)cc1. The van der Waals surface area contributed by atoms with Crippen LogP contribution in [0.2, 0.25) is 0 Å².